The highest BCUT2D eigenvalue weighted by Gasteiger charge is 2.28. The van der Waals surface area contributed by atoms with Crippen molar-refractivity contribution in [1.29, 1.82) is 0 Å². The topological polar surface area (TPSA) is 90.8 Å². The Morgan fingerprint density at radius 3 is 1.78 bits per heavy atom. The average molecular weight is 627 g/mol. The molecule has 0 heterocycles. The number of unbranched alkanes of at least 4 members (excludes halogenated alkanes) is 19. The van der Waals surface area contributed by atoms with Gasteiger partial charge in [-0.25, -0.2) is 4.79 Å². The molecule has 5 heteroatoms. The minimum absolute atomic E-state index is 0.116. The van der Waals surface area contributed by atoms with Crippen LogP contribution < -0.4 is 0 Å². The van der Waals surface area contributed by atoms with E-state index in [1.165, 1.54) is 116 Å². The number of nitrogens with zero attached hydrogens (tertiary/aromatic N) is 2. The second kappa shape index (κ2) is 33.1. The van der Waals surface area contributed by atoms with Crippen LogP contribution in [0.25, 0.3) is 5.53 Å². The number of rotatable bonds is 29. The van der Waals surface area contributed by atoms with Crippen molar-refractivity contribution in [2.24, 2.45) is 11.8 Å². The van der Waals surface area contributed by atoms with Gasteiger partial charge >= 0.3 is 5.97 Å². The Bertz CT molecular complexity index is 854. The van der Waals surface area contributed by atoms with Crippen molar-refractivity contribution in [3.05, 3.63) is 41.5 Å². The van der Waals surface area contributed by atoms with Crippen LogP contribution in [0.15, 0.2) is 36.0 Å². The van der Waals surface area contributed by atoms with Crippen LogP contribution in [0.1, 0.15) is 188 Å². The molecule has 0 aromatic carbocycles. The first-order chi connectivity index (χ1) is 22.0. The van der Waals surface area contributed by atoms with E-state index in [4.69, 9.17) is 5.53 Å². The summed E-state index contributed by atoms with van der Waals surface area (Å²) < 4.78 is 0. The van der Waals surface area contributed by atoms with Gasteiger partial charge in [-0.3, -0.25) is 4.79 Å². The molecule has 0 saturated carbocycles. The van der Waals surface area contributed by atoms with Crippen molar-refractivity contribution in [3.8, 4) is 0 Å². The first kappa shape index (κ1) is 42.7. The SMILES string of the molecule is CCCCCCCCCC=[N+]=[N-].CCCCCCCCCCC(=CC=CCC[C@H]1C(=O)C=C[C@@H]1CCCCCCCC)C(=O)O. The summed E-state index contributed by atoms with van der Waals surface area (Å²) in [5, 5.41) is 9.47. The molecule has 258 valence electrons. The van der Waals surface area contributed by atoms with E-state index in [9.17, 15) is 14.7 Å². The molecule has 0 radical (unpaired) electrons. The number of hydrogen-bond acceptors (Lipinski definition) is 2. The van der Waals surface area contributed by atoms with Crippen LogP contribution in [-0.4, -0.2) is 27.9 Å². The van der Waals surface area contributed by atoms with Crippen molar-refractivity contribution in [1.82, 2.24) is 0 Å². The van der Waals surface area contributed by atoms with Crippen molar-refractivity contribution in [2.45, 2.75) is 188 Å². The van der Waals surface area contributed by atoms with E-state index >= 15 is 0 Å². The minimum atomic E-state index is -0.809. The van der Waals surface area contributed by atoms with Gasteiger partial charge in [0.25, 0.3) is 6.21 Å². The van der Waals surface area contributed by atoms with Gasteiger partial charge in [0.15, 0.2) is 5.78 Å². The molecule has 1 rings (SSSR count). The van der Waals surface area contributed by atoms with Crippen molar-refractivity contribution in [3.63, 3.8) is 0 Å². The second-order valence-electron chi connectivity index (χ2n) is 13.0. The first-order valence-corrected chi connectivity index (χ1v) is 19.0. The maximum atomic E-state index is 12.3. The molecule has 0 spiro atoms. The quantitative estimate of drug-likeness (QED) is 0.0223. The van der Waals surface area contributed by atoms with Gasteiger partial charge in [-0.15, -0.1) is 0 Å². The molecule has 5 nitrogen and oxygen atoms in total. The predicted molar refractivity (Wildman–Crippen MR) is 193 cm³/mol. The fourth-order valence-electron chi connectivity index (χ4n) is 6.02. The molecule has 0 saturated heterocycles. The first-order valence-electron chi connectivity index (χ1n) is 19.0. The van der Waals surface area contributed by atoms with Gasteiger partial charge in [-0.1, -0.05) is 167 Å². The molecule has 0 aliphatic heterocycles. The van der Waals surface area contributed by atoms with Gasteiger partial charge in [-0.05, 0) is 50.5 Å². The molecular weight excluding hydrogens is 556 g/mol. The highest BCUT2D eigenvalue weighted by atomic mass is 16.4. The summed E-state index contributed by atoms with van der Waals surface area (Å²) in [6.07, 6.45) is 42.2. The molecule has 0 aromatic rings. The lowest BCUT2D eigenvalue weighted by atomic mass is 9.86. The lowest BCUT2D eigenvalue weighted by molar-refractivity contribution is -0.132. The fourth-order valence-corrected chi connectivity index (χ4v) is 6.02. The Hall–Kier alpha value is -2.26. The molecule has 1 N–H and O–H groups in total. The van der Waals surface area contributed by atoms with E-state index in [1.54, 1.807) is 18.4 Å². The summed E-state index contributed by atoms with van der Waals surface area (Å²) >= 11 is 0. The van der Waals surface area contributed by atoms with Crippen LogP contribution in [0.3, 0.4) is 0 Å². The summed E-state index contributed by atoms with van der Waals surface area (Å²) in [5.41, 5.74) is 8.61. The Balaban J connectivity index is 0.00000136. The van der Waals surface area contributed by atoms with E-state index in [1.807, 2.05) is 12.2 Å². The molecular formula is C40H70N2O3. The Morgan fingerprint density at radius 1 is 0.733 bits per heavy atom. The maximum absolute atomic E-state index is 12.3. The number of allylic oxidation sites excluding steroid dienone is 5. The summed E-state index contributed by atoms with van der Waals surface area (Å²) in [6.45, 7) is 6.70. The standard InChI is InChI=1S/C30H50O3.C10H20N2/c1-3-5-7-9-11-12-14-17-21-27(30(32)33)22-18-15-19-23-28-26(24-25-29(28)31)20-16-13-10-8-6-4-2;1-2-3-4-5-6-7-8-9-10-12-11/h15,18,22,24-26,28H,3-14,16-17,19-21,23H2,1-2H3,(H,32,33);10H,2-9H2,1H3/t26-,28+;/m0./s1. The zero-order valence-corrected chi connectivity index (χ0v) is 29.7. The van der Waals surface area contributed by atoms with Gasteiger partial charge in [-0.2, -0.15) is 4.79 Å². The largest absolute Gasteiger partial charge is 0.478 e. The summed E-state index contributed by atoms with van der Waals surface area (Å²) in [7, 11) is 0. The zero-order valence-electron chi connectivity index (χ0n) is 29.7. The summed E-state index contributed by atoms with van der Waals surface area (Å²) in [4.78, 5) is 26.7. The van der Waals surface area contributed by atoms with Gasteiger partial charge in [0.2, 0.25) is 0 Å². The Morgan fingerprint density at radius 2 is 1.24 bits per heavy atom. The zero-order chi connectivity index (χ0) is 33.2. The Labute approximate surface area is 278 Å². The third-order valence-corrected chi connectivity index (χ3v) is 8.95. The average Bonchev–Trinajstić information content (AvgIpc) is 3.39. The molecule has 0 bridgehead atoms. The molecule has 2 atom stereocenters. The molecule has 1 aliphatic rings. The van der Waals surface area contributed by atoms with E-state index in [-0.39, 0.29) is 11.7 Å². The number of ketones is 1. The molecule has 0 amide bonds. The third kappa shape index (κ3) is 26.6. The monoisotopic (exact) mass is 627 g/mol. The molecule has 45 heavy (non-hydrogen) atoms. The number of hydrogen-bond donors (Lipinski definition) is 1. The number of carbonyl (C=O) groups excluding carboxylic acids is 1. The van der Waals surface area contributed by atoms with Crippen LogP contribution in [0.2, 0.25) is 0 Å². The molecule has 1 aliphatic carbocycles. The number of carboxylic acids is 1. The highest BCUT2D eigenvalue weighted by molar-refractivity contribution is 5.94. The van der Waals surface area contributed by atoms with Crippen molar-refractivity contribution >= 4 is 18.0 Å². The fraction of sp³-hybridized carbons (Fsp3) is 0.775. The van der Waals surface area contributed by atoms with Crippen LogP contribution in [0, 0.1) is 11.8 Å². The van der Waals surface area contributed by atoms with Crippen molar-refractivity contribution < 1.29 is 19.5 Å². The smallest absolute Gasteiger partial charge is 0.331 e. The van der Waals surface area contributed by atoms with Crippen LogP contribution >= 0.6 is 0 Å². The summed E-state index contributed by atoms with van der Waals surface area (Å²) in [5.74, 6) is -0.0256. The van der Waals surface area contributed by atoms with E-state index in [0.29, 0.717) is 17.9 Å². The number of carbonyl (C=O) groups is 2. The van der Waals surface area contributed by atoms with E-state index in [0.717, 1.165) is 44.9 Å². The van der Waals surface area contributed by atoms with Gasteiger partial charge in [0.1, 0.15) is 0 Å². The summed E-state index contributed by atoms with van der Waals surface area (Å²) in [6, 6.07) is 0. The molecule has 0 unspecified atom stereocenters. The van der Waals surface area contributed by atoms with Gasteiger partial charge in [0, 0.05) is 17.9 Å². The normalized spacial score (nSPS) is 16.2. The van der Waals surface area contributed by atoms with Crippen LogP contribution in [0.5, 0.6) is 0 Å². The maximum Gasteiger partial charge on any atom is 0.331 e. The second-order valence-corrected chi connectivity index (χ2v) is 13.0. The van der Waals surface area contributed by atoms with Gasteiger partial charge in [0.05, 0.1) is 0 Å². The number of carboxylic acid groups (broad SMARTS) is 1. The highest BCUT2D eigenvalue weighted by Crippen LogP contribution is 2.31. The van der Waals surface area contributed by atoms with Crippen molar-refractivity contribution in [2.75, 3.05) is 0 Å². The minimum Gasteiger partial charge on any atom is -0.478 e. The molecule has 0 aromatic heterocycles. The molecule has 0 fully saturated rings. The lowest BCUT2D eigenvalue weighted by Crippen LogP contribution is -2.15. The van der Waals surface area contributed by atoms with E-state index < -0.39 is 5.97 Å². The lowest BCUT2D eigenvalue weighted by Gasteiger charge is -2.17. The van der Waals surface area contributed by atoms with Gasteiger partial charge < -0.3 is 10.6 Å². The predicted octanol–water partition coefficient (Wildman–Crippen LogP) is 12.4. The third-order valence-electron chi connectivity index (χ3n) is 8.95. The Kier molecular flexibility index (Phi) is 31.5. The van der Waals surface area contributed by atoms with Crippen LogP contribution in [-0.2, 0) is 9.59 Å². The van der Waals surface area contributed by atoms with Crippen LogP contribution in [0.4, 0.5) is 0 Å². The number of aliphatic carboxylic acids is 1. The van der Waals surface area contributed by atoms with E-state index in [2.05, 4.69) is 31.6 Å².